The molecule has 2 aromatic rings. The van der Waals surface area contributed by atoms with Gasteiger partial charge in [-0.1, -0.05) is 70.1 Å². The normalized spacial score (nSPS) is 12.8. The Bertz CT molecular complexity index is 956. The summed E-state index contributed by atoms with van der Waals surface area (Å²) in [4.78, 5) is 30.4. The van der Waals surface area contributed by atoms with E-state index in [-0.39, 0.29) is 28.2 Å². The Hall–Kier alpha value is -2.08. The highest BCUT2D eigenvalue weighted by atomic mass is 32.2. The lowest BCUT2D eigenvalue weighted by Crippen LogP contribution is -2.37. The number of nitrogens with zero attached hydrogens (tertiary/aromatic N) is 2. The van der Waals surface area contributed by atoms with Gasteiger partial charge in [0, 0.05) is 30.8 Å². The van der Waals surface area contributed by atoms with Crippen LogP contribution in [-0.2, 0) is 23.7 Å². The highest BCUT2D eigenvalue weighted by Crippen LogP contribution is 2.26. The molecule has 1 amide bonds. The molecule has 0 aliphatic rings. The van der Waals surface area contributed by atoms with Crippen molar-refractivity contribution >= 4 is 17.7 Å². The number of carbonyl (C=O) groups excluding carboxylic acids is 1. The Morgan fingerprint density at radius 2 is 1.81 bits per heavy atom. The van der Waals surface area contributed by atoms with E-state index >= 15 is 0 Å². The van der Waals surface area contributed by atoms with Crippen LogP contribution in [0.5, 0.6) is 0 Å². The Morgan fingerprint density at radius 1 is 1.19 bits per heavy atom. The number of thioether (sulfide) groups is 1. The predicted octanol–water partition coefficient (Wildman–Crippen LogP) is 4.76. The zero-order chi connectivity index (χ0) is 23.3. The quantitative estimate of drug-likeness (QED) is 0.472. The van der Waals surface area contributed by atoms with Crippen molar-refractivity contribution in [3.8, 4) is 0 Å². The molecular weight excluding hydrogens is 406 g/mol. The minimum absolute atomic E-state index is 0.00299. The Morgan fingerprint density at radius 3 is 2.32 bits per heavy atom. The molecular formula is C25H37N3O2S. The highest BCUT2D eigenvalue weighted by molar-refractivity contribution is 8.00. The predicted molar refractivity (Wildman–Crippen MR) is 130 cm³/mol. The largest absolute Gasteiger partial charge is 0.353 e. The molecule has 0 radical (unpaired) electrons. The zero-order valence-corrected chi connectivity index (χ0v) is 21.0. The van der Waals surface area contributed by atoms with Gasteiger partial charge in [-0.3, -0.25) is 14.2 Å². The van der Waals surface area contributed by atoms with Crippen LogP contribution >= 0.6 is 11.8 Å². The zero-order valence-electron chi connectivity index (χ0n) is 20.2. The molecule has 31 heavy (non-hydrogen) atoms. The number of aryl methyl sites for hydroxylation is 1. The molecule has 0 bridgehead atoms. The molecule has 0 saturated heterocycles. The summed E-state index contributed by atoms with van der Waals surface area (Å²) in [5.41, 5.74) is 3.85. The van der Waals surface area contributed by atoms with Crippen molar-refractivity contribution < 1.29 is 4.79 Å². The van der Waals surface area contributed by atoms with Crippen molar-refractivity contribution in [2.75, 3.05) is 0 Å². The van der Waals surface area contributed by atoms with E-state index in [1.165, 1.54) is 17.3 Å². The number of carbonyl (C=O) groups is 1. The second-order valence-corrected chi connectivity index (χ2v) is 10.7. The molecule has 2 rings (SSSR count). The molecule has 1 atom stereocenters. The number of hydrogen-bond donors (Lipinski definition) is 1. The Balaban J connectivity index is 2.29. The molecule has 1 N–H and O–H groups in total. The number of nitrogens with one attached hydrogen (secondary N) is 1. The molecule has 0 fully saturated rings. The summed E-state index contributed by atoms with van der Waals surface area (Å²) < 4.78 is 1.59. The Kier molecular flexibility index (Phi) is 8.52. The van der Waals surface area contributed by atoms with Crippen molar-refractivity contribution in [2.24, 2.45) is 7.05 Å². The summed E-state index contributed by atoms with van der Waals surface area (Å²) in [6.07, 6.45) is 2.17. The van der Waals surface area contributed by atoms with Crippen LogP contribution in [0.1, 0.15) is 76.8 Å². The van der Waals surface area contributed by atoms with Crippen LogP contribution in [0.2, 0.25) is 0 Å². The van der Waals surface area contributed by atoms with Crippen LogP contribution in [-0.4, -0.2) is 26.8 Å². The molecule has 5 nitrogen and oxygen atoms in total. The molecule has 1 unspecified atom stereocenters. The first-order valence-electron chi connectivity index (χ1n) is 11.1. The van der Waals surface area contributed by atoms with Gasteiger partial charge in [-0.15, -0.1) is 0 Å². The van der Waals surface area contributed by atoms with Gasteiger partial charge in [-0.05, 0) is 43.7 Å². The van der Waals surface area contributed by atoms with Gasteiger partial charge < -0.3 is 5.32 Å². The number of hydrogen-bond acceptors (Lipinski definition) is 4. The fourth-order valence-corrected chi connectivity index (χ4v) is 4.59. The maximum absolute atomic E-state index is 13.1. The van der Waals surface area contributed by atoms with Crippen LogP contribution in [0.25, 0.3) is 0 Å². The molecule has 170 valence electrons. The molecule has 0 spiro atoms. The minimum atomic E-state index is -0.263. The molecule has 1 heterocycles. The smallest absolute Gasteiger partial charge is 0.257 e. The van der Waals surface area contributed by atoms with E-state index in [1.54, 1.807) is 11.6 Å². The lowest BCUT2D eigenvalue weighted by atomic mass is 9.86. The van der Waals surface area contributed by atoms with Crippen molar-refractivity contribution in [1.29, 1.82) is 0 Å². The minimum Gasteiger partial charge on any atom is -0.353 e. The molecule has 0 aliphatic heterocycles. The number of benzene rings is 1. The van der Waals surface area contributed by atoms with E-state index in [0.29, 0.717) is 17.1 Å². The van der Waals surface area contributed by atoms with Gasteiger partial charge >= 0.3 is 0 Å². The molecule has 1 aromatic carbocycles. The fourth-order valence-electron chi connectivity index (χ4n) is 3.38. The fraction of sp³-hybridized carbons (Fsp3) is 0.560. The summed E-state index contributed by atoms with van der Waals surface area (Å²) >= 11 is 1.38. The van der Waals surface area contributed by atoms with E-state index in [0.717, 1.165) is 24.1 Å². The third-order valence-electron chi connectivity index (χ3n) is 5.27. The lowest BCUT2D eigenvalue weighted by Gasteiger charge is -2.20. The lowest BCUT2D eigenvalue weighted by molar-refractivity contribution is -0.121. The van der Waals surface area contributed by atoms with E-state index in [4.69, 9.17) is 4.98 Å². The number of amides is 1. The first-order valence-corrected chi connectivity index (χ1v) is 11.9. The van der Waals surface area contributed by atoms with E-state index < -0.39 is 0 Å². The van der Waals surface area contributed by atoms with Gasteiger partial charge in [0.2, 0.25) is 5.91 Å². The molecule has 6 heteroatoms. The topological polar surface area (TPSA) is 64.0 Å². The van der Waals surface area contributed by atoms with Gasteiger partial charge in [-0.2, -0.15) is 0 Å². The summed E-state index contributed by atoms with van der Waals surface area (Å²) in [5.74, 6) is -0.00299. The monoisotopic (exact) mass is 443 g/mol. The molecule has 1 aromatic heterocycles. The maximum atomic E-state index is 13.1. The van der Waals surface area contributed by atoms with Gasteiger partial charge in [0.15, 0.2) is 5.16 Å². The SMILES string of the molecule is CCCC(Sc1nc(C)c(Cc2ccc(C(C)(C)C)cc2)c(=O)n1C)C(=O)NC(C)C. The summed E-state index contributed by atoms with van der Waals surface area (Å²) in [5, 5.41) is 3.31. The standard InChI is InChI=1S/C25H37N3O2S/c1-9-10-21(22(29)26-16(2)3)31-24-27-17(4)20(23(30)28(24)8)15-18-11-13-19(14-12-18)25(5,6)7/h11-14,16,21H,9-10,15H2,1-8H3,(H,26,29). The van der Waals surface area contributed by atoms with Crippen LogP contribution < -0.4 is 10.9 Å². The van der Waals surface area contributed by atoms with Crippen molar-refractivity contribution in [3.63, 3.8) is 0 Å². The second-order valence-electron chi connectivity index (χ2n) is 9.50. The first kappa shape index (κ1) is 25.2. The van der Waals surface area contributed by atoms with E-state index in [9.17, 15) is 9.59 Å². The summed E-state index contributed by atoms with van der Waals surface area (Å²) in [6.45, 7) is 14.4. The van der Waals surface area contributed by atoms with Crippen LogP contribution in [0.15, 0.2) is 34.2 Å². The van der Waals surface area contributed by atoms with Gasteiger partial charge in [0.1, 0.15) is 0 Å². The van der Waals surface area contributed by atoms with Crippen molar-refractivity contribution in [3.05, 3.63) is 57.0 Å². The van der Waals surface area contributed by atoms with E-state index in [2.05, 4.69) is 57.3 Å². The van der Waals surface area contributed by atoms with Gasteiger partial charge in [0.25, 0.3) is 5.56 Å². The van der Waals surface area contributed by atoms with Crippen LogP contribution in [0.3, 0.4) is 0 Å². The average Bonchev–Trinajstić information content (AvgIpc) is 2.68. The van der Waals surface area contributed by atoms with Crippen LogP contribution in [0.4, 0.5) is 0 Å². The average molecular weight is 444 g/mol. The highest BCUT2D eigenvalue weighted by Gasteiger charge is 2.23. The molecule has 0 aliphatic carbocycles. The van der Waals surface area contributed by atoms with Crippen LogP contribution in [0, 0.1) is 6.92 Å². The van der Waals surface area contributed by atoms with Gasteiger partial charge in [0.05, 0.1) is 5.25 Å². The second kappa shape index (κ2) is 10.5. The summed E-state index contributed by atoms with van der Waals surface area (Å²) in [6, 6.07) is 8.54. The molecule has 0 saturated carbocycles. The number of rotatable bonds is 8. The Labute approximate surface area is 191 Å². The first-order chi connectivity index (χ1) is 14.4. The third kappa shape index (κ3) is 6.70. The van der Waals surface area contributed by atoms with Crippen molar-refractivity contribution in [1.82, 2.24) is 14.9 Å². The van der Waals surface area contributed by atoms with Crippen molar-refractivity contribution in [2.45, 2.75) is 89.6 Å². The third-order valence-corrected chi connectivity index (χ3v) is 6.58. The number of aromatic nitrogens is 2. The van der Waals surface area contributed by atoms with E-state index in [1.807, 2.05) is 20.8 Å². The van der Waals surface area contributed by atoms with Gasteiger partial charge in [-0.25, -0.2) is 4.98 Å². The summed E-state index contributed by atoms with van der Waals surface area (Å²) in [7, 11) is 1.74. The maximum Gasteiger partial charge on any atom is 0.257 e.